The molecule has 4 aliphatic heterocycles. The van der Waals surface area contributed by atoms with E-state index >= 15 is 0 Å². The molecular weight excluding hydrogens is 590 g/mol. The molecule has 4 aromatic carbocycles. The standard InChI is InChI=1S/C33H30F2N2O6S/c34-28-11-9-26(20-29(28)35)44(40,41)37-16-14-23-19-25-8-10-27(23)33(37)22-4-6-24(7-5-22)42-17-1-15-36-32(39)13-3-21-2-12-30(38)31(18-21)43-25/h2,4-12,18-20,33,38H,1,3,13-17H2,(H,36,39). The fourth-order valence-corrected chi connectivity index (χ4v) is 7.13. The first-order chi connectivity index (χ1) is 21.2. The molecule has 0 aliphatic carbocycles. The Morgan fingerprint density at radius 1 is 0.864 bits per heavy atom. The molecule has 2 N–H and O–H groups in total. The van der Waals surface area contributed by atoms with E-state index in [1.165, 1.54) is 10.4 Å². The number of hydrogen-bond donors (Lipinski definition) is 2. The topological polar surface area (TPSA) is 105 Å². The van der Waals surface area contributed by atoms with E-state index in [2.05, 4.69) is 5.32 Å². The molecule has 0 spiro atoms. The van der Waals surface area contributed by atoms with E-state index in [4.69, 9.17) is 9.47 Å². The van der Waals surface area contributed by atoms with Crippen LogP contribution in [0.4, 0.5) is 8.78 Å². The number of ether oxygens (including phenoxy) is 2. The minimum Gasteiger partial charge on any atom is -0.504 e. The van der Waals surface area contributed by atoms with Gasteiger partial charge in [-0.25, -0.2) is 17.2 Å². The van der Waals surface area contributed by atoms with Crippen molar-refractivity contribution in [3.63, 3.8) is 0 Å². The number of fused-ring (bicyclic) bond motifs is 1. The molecule has 4 aromatic rings. The molecule has 1 unspecified atom stereocenters. The Hall–Kier alpha value is -4.48. The largest absolute Gasteiger partial charge is 0.504 e. The second kappa shape index (κ2) is 12.3. The van der Waals surface area contributed by atoms with Crippen molar-refractivity contribution >= 4 is 15.9 Å². The third-order valence-corrected chi connectivity index (χ3v) is 9.66. The molecule has 4 heterocycles. The van der Waals surface area contributed by atoms with Gasteiger partial charge in [0.15, 0.2) is 23.1 Å². The van der Waals surface area contributed by atoms with Crippen molar-refractivity contribution in [3.8, 4) is 23.0 Å². The van der Waals surface area contributed by atoms with Gasteiger partial charge in [0.25, 0.3) is 0 Å². The van der Waals surface area contributed by atoms with E-state index < -0.39 is 27.7 Å². The van der Waals surface area contributed by atoms with Crippen LogP contribution in [0, 0.1) is 11.6 Å². The highest BCUT2D eigenvalue weighted by atomic mass is 32.2. The predicted molar refractivity (Wildman–Crippen MR) is 158 cm³/mol. The Morgan fingerprint density at radius 2 is 1.66 bits per heavy atom. The van der Waals surface area contributed by atoms with E-state index in [1.807, 2.05) is 6.07 Å². The highest BCUT2D eigenvalue weighted by Crippen LogP contribution is 2.41. The number of rotatable bonds is 2. The zero-order valence-corrected chi connectivity index (χ0v) is 24.4. The van der Waals surface area contributed by atoms with Crippen LogP contribution in [0.25, 0.3) is 0 Å². The predicted octanol–water partition coefficient (Wildman–Crippen LogP) is 5.63. The van der Waals surface area contributed by atoms with Crippen molar-refractivity contribution in [3.05, 3.63) is 113 Å². The van der Waals surface area contributed by atoms with Gasteiger partial charge in [0.05, 0.1) is 17.5 Å². The summed E-state index contributed by atoms with van der Waals surface area (Å²) in [6.07, 6.45) is 1.65. The van der Waals surface area contributed by atoms with Gasteiger partial charge in [0, 0.05) is 19.5 Å². The van der Waals surface area contributed by atoms with Crippen LogP contribution in [0.5, 0.6) is 23.0 Å². The number of halogens is 2. The Morgan fingerprint density at radius 3 is 2.45 bits per heavy atom. The van der Waals surface area contributed by atoms with Crippen LogP contribution in [-0.4, -0.2) is 43.4 Å². The molecule has 228 valence electrons. The zero-order valence-electron chi connectivity index (χ0n) is 23.6. The quantitative estimate of drug-likeness (QED) is 0.301. The lowest BCUT2D eigenvalue weighted by Crippen LogP contribution is -2.40. The van der Waals surface area contributed by atoms with Crippen LogP contribution >= 0.6 is 0 Å². The number of nitrogens with zero attached hydrogens (tertiary/aromatic N) is 1. The molecule has 0 fully saturated rings. The maximum atomic E-state index is 14.1. The normalized spacial score (nSPS) is 17.7. The van der Waals surface area contributed by atoms with E-state index in [0.717, 1.165) is 23.3 Å². The summed E-state index contributed by atoms with van der Waals surface area (Å²) in [5.41, 5.74) is 3.01. The van der Waals surface area contributed by atoms with Crippen LogP contribution in [0.3, 0.4) is 0 Å². The first-order valence-electron chi connectivity index (χ1n) is 14.3. The van der Waals surface area contributed by atoms with Gasteiger partial charge in [-0.3, -0.25) is 4.79 Å². The summed E-state index contributed by atoms with van der Waals surface area (Å²) in [6, 6.07) is 19.1. The number of phenolic OH excluding ortho intramolecular Hbond substituents is 1. The van der Waals surface area contributed by atoms with Gasteiger partial charge >= 0.3 is 0 Å². The molecule has 1 atom stereocenters. The summed E-state index contributed by atoms with van der Waals surface area (Å²) in [4.78, 5) is 12.0. The molecule has 0 radical (unpaired) electrons. The number of hydrogen-bond acceptors (Lipinski definition) is 6. The number of phenols is 1. The Labute approximate surface area is 253 Å². The van der Waals surface area contributed by atoms with E-state index in [0.29, 0.717) is 61.1 Å². The molecule has 1 amide bonds. The Balaban J connectivity index is 1.41. The van der Waals surface area contributed by atoms with Gasteiger partial charge in [0.2, 0.25) is 15.9 Å². The lowest BCUT2D eigenvalue weighted by atomic mass is 9.89. The molecule has 0 saturated heterocycles. The number of carbonyl (C=O) groups excluding carboxylic acids is 1. The van der Waals surface area contributed by atoms with Crippen LogP contribution in [0.15, 0.2) is 83.8 Å². The summed E-state index contributed by atoms with van der Waals surface area (Å²) in [5, 5.41) is 13.4. The molecular formula is C33H30F2N2O6S. The number of aryl methyl sites for hydroxylation is 1. The van der Waals surface area contributed by atoms with Crippen molar-refractivity contribution in [2.75, 3.05) is 19.7 Å². The molecule has 44 heavy (non-hydrogen) atoms. The SMILES string of the molecule is O=C1CCc2ccc(O)c(c2)Oc2ccc3c(c2)CCN(S(=O)(=O)c2ccc(F)c(F)c2)C3c2ccc(cc2)OCCCN1. The molecule has 8 bridgehead atoms. The van der Waals surface area contributed by atoms with Crippen molar-refractivity contribution in [2.24, 2.45) is 0 Å². The summed E-state index contributed by atoms with van der Waals surface area (Å²) < 4.78 is 68.8. The third-order valence-electron chi connectivity index (χ3n) is 7.80. The van der Waals surface area contributed by atoms with Crippen LogP contribution in [-0.2, 0) is 27.7 Å². The first-order valence-corrected chi connectivity index (χ1v) is 15.7. The smallest absolute Gasteiger partial charge is 0.244 e. The van der Waals surface area contributed by atoms with Gasteiger partial charge in [-0.2, -0.15) is 4.31 Å². The summed E-state index contributed by atoms with van der Waals surface area (Å²) in [5.74, 6) is -1.27. The average Bonchev–Trinajstić information content (AvgIpc) is 3.02. The fourth-order valence-electron chi connectivity index (χ4n) is 5.53. The molecule has 0 saturated carbocycles. The summed E-state index contributed by atoms with van der Waals surface area (Å²) >= 11 is 0. The maximum absolute atomic E-state index is 14.1. The Bertz CT molecular complexity index is 1810. The van der Waals surface area contributed by atoms with Crippen LogP contribution in [0.2, 0.25) is 0 Å². The monoisotopic (exact) mass is 620 g/mol. The highest BCUT2D eigenvalue weighted by Gasteiger charge is 2.38. The number of sulfonamides is 1. The molecule has 4 aliphatic rings. The number of nitrogens with one attached hydrogen (secondary N) is 1. The molecule has 11 heteroatoms. The van der Waals surface area contributed by atoms with Crippen molar-refractivity contribution in [2.45, 2.75) is 36.6 Å². The number of benzene rings is 4. The first kappa shape index (κ1) is 29.6. The lowest BCUT2D eigenvalue weighted by Gasteiger charge is -2.37. The van der Waals surface area contributed by atoms with Crippen LogP contribution < -0.4 is 14.8 Å². The van der Waals surface area contributed by atoms with Crippen molar-refractivity contribution < 1.29 is 36.6 Å². The minimum absolute atomic E-state index is 0.0592. The van der Waals surface area contributed by atoms with Gasteiger partial charge in [0.1, 0.15) is 11.5 Å². The maximum Gasteiger partial charge on any atom is 0.244 e. The van der Waals surface area contributed by atoms with E-state index in [1.54, 1.807) is 48.5 Å². The van der Waals surface area contributed by atoms with Crippen molar-refractivity contribution in [1.82, 2.24) is 9.62 Å². The minimum atomic E-state index is -4.25. The van der Waals surface area contributed by atoms with Crippen molar-refractivity contribution in [1.29, 1.82) is 0 Å². The number of aromatic hydroxyl groups is 1. The van der Waals surface area contributed by atoms with Gasteiger partial charge in [-0.05, 0) is 96.1 Å². The molecule has 8 rings (SSSR count). The van der Waals surface area contributed by atoms with Gasteiger partial charge < -0.3 is 19.9 Å². The fraction of sp³-hybridized carbons (Fsp3) is 0.242. The third kappa shape index (κ3) is 6.11. The summed E-state index contributed by atoms with van der Waals surface area (Å²) in [7, 11) is -4.25. The second-order valence-corrected chi connectivity index (χ2v) is 12.6. The van der Waals surface area contributed by atoms with E-state index in [-0.39, 0.29) is 35.3 Å². The van der Waals surface area contributed by atoms with Gasteiger partial charge in [-0.15, -0.1) is 0 Å². The highest BCUT2D eigenvalue weighted by molar-refractivity contribution is 7.89. The summed E-state index contributed by atoms with van der Waals surface area (Å²) in [6.45, 7) is 0.878. The molecule has 0 aromatic heterocycles. The van der Waals surface area contributed by atoms with E-state index in [9.17, 15) is 27.1 Å². The number of amides is 1. The van der Waals surface area contributed by atoms with Gasteiger partial charge in [-0.1, -0.05) is 24.3 Å². The average molecular weight is 621 g/mol. The number of carbonyl (C=O) groups is 1. The molecule has 8 nitrogen and oxygen atoms in total. The zero-order chi connectivity index (χ0) is 30.8. The second-order valence-electron chi connectivity index (χ2n) is 10.7. The Kier molecular flexibility index (Phi) is 8.24. The van der Waals surface area contributed by atoms with Crippen LogP contribution in [0.1, 0.15) is 41.1 Å². The lowest BCUT2D eigenvalue weighted by molar-refractivity contribution is -0.121.